The molecule has 1 aliphatic heterocycles. The van der Waals surface area contributed by atoms with E-state index in [2.05, 4.69) is 15.0 Å². The quantitative estimate of drug-likeness (QED) is 0.521. The smallest absolute Gasteiger partial charge is 0.353 e. The molecule has 26 heavy (non-hydrogen) atoms. The Morgan fingerprint density at radius 3 is 2.54 bits per heavy atom. The molecule has 0 unspecified atom stereocenters. The van der Waals surface area contributed by atoms with Gasteiger partial charge in [0.1, 0.15) is 5.82 Å². The minimum atomic E-state index is -4.45. The summed E-state index contributed by atoms with van der Waals surface area (Å²) in [6.07, 6.45) is -1.67. The normalized spacial score (nSPS) is 16.3. The molecule has 5 nitrogen and oxygen atoms in total. The van der Waals surface area contributed by atoms with Crippen molar-refractivity contribution in [2.45, 2.75) is 17.2 Å². The largest absolute Gasteiger partial charge is 0.417 e. The highest BCUT2D eigenvalue weighted by atomic mass is 35.5. The van der Waals surface area contributed by atoms with E-state index in [0.717, 1.165) is 20.6 Å². The van der Waals surface area contributed by atoms with Crippen molar-refractivity contribution in [1.82, 2.24) is 19.7 Å². The van der Waals surface area contributed by atoms with Crippen LogP contribution in [0.2, 0.25) is 5.02 Å². The lowest BCUT2D eigenvalue weighted by Crippen LogP contribution is -2.47. The van der Waals surface area contributed by atoms with Gasteiger partial charge in [-0.1, -0.05) is 34.7 Å². The summed E-state index contributed by atoms with van der Waals surface area (Å²) in [5.74, 6) is 0.384. The van der Waals surface area contributed by atoms with Gasteiger partial charge in [-0.15, -0.1) is 0 Å². The lowest BCUT2D eigenvalue weighted by atomic mass is 10.2. The van der Waals surface area contributed by atoms with Gasteiger partial charge in [-0.25, -0.2) is 9.67 Å². The average Bonchev–Trinajstić information content (AvgIpc) is 2.95. The first kappa shape index (κ1) is 19.9. The van der Waals surface area contributed by atoms with Crippen molar-refractivity contribution < 1.29 is 13.2 Å². The van der Waals surface area contributed by atoms with Gasteiger partial charge < -0.3 is 4.90 Å². The zero-order valence-electron chi connectivity index (χ0n) is 13.7. The van der Waals surface area contributed by atoms with Crippen LogP contribution >= 0.6 is 46.9 Å². The summed E-state index contributed by atoms with van der Waals surface area (Å²) in [5.41, 5.74) is -0.840. The van der Waals surface area contributed by atoms with Gasteiger partial charge >= 0.3 is 6.18 Å². The SMILES string of the molecule is CSc1nn(CN2CCN(c3ncc(C(F)(F)F)cc3Cl)CC2)c(=S)s1. The van der Waals surface area contributed by atoms with Crippen molar-refractivity contribution in [3.63, 3.8) is 0 Å². The molecule has 0 aromatic carbocycles. The molecular weight excluding hydrogens is 427 g/mol. The van der Waals surface area contributed by atoms with Gasteiger partial charge in [0.05, 0.1) is 17.3 Å². The minimum absolute atomic E-state index is 0.0135. The fraction of sp³-hybridized carbons (Fsp3) is 0.500. The number of hydrogen-bond donors (Lipinski definition) is 0. The number of pyridine rings is 1. The zero-order valence-corrected chi connectivity index (χ0v) is 16.9. The van der Waals surface area contributed by atoms with Gasteiger partial charge in [-0.2, -0.15) is 18.3 Å². The van der Waals surface area contributed by atoms with Crippen LogP contribution in [-0.2, 0) is 12.8 Å². The third kappa shape index (κ3) is 4.50. The molecule has 0 atom stereocenters. The van der Waals surface area contributed by atoms with E-state index >= 15 is 0 Å². The highest BCUT2D eigenvalue weighted by molar-refractivity contribution is 8.00. The third-order valence-electron chi connectivity index (χ3n) is 3.92. The van der Waals surface area contributed by atoms with Gasteiger partial charge in [0.25, 0.3) is 0 Å². The summed E-state index contributed by atoms with van der Waals surface area (Å²) in [6.45, 7) is 3.26. The maximum Gasteiger partial charge on any atom is 0.417 e. The zero-order chi connectivity index (χ0) is 18.9. The summed E-state index contributed by atoms with van der Waals surface area (Å²) in [5, 5.41) is 4.46. The molecule has 1 aliphatic rings. The Morgan fingerprint density at radius 1 is 1.31 bits per heavy atom. The van der Waals surface area contributed by atoms with Gasteiger partial charge in [-0.05, 0) is 24.5 Å². The topological polar surface area (TPSA) is 37.2 Å². The van der Waals surface area contributed by atoms with Gasteiger partial charge in [0.2, 0.25) is 0 Å². The maximum atomic E-state index is 12.7. The number of halogens is 4. The molecule has 0 amide bonds. The van der Waals surface area contributed by atoms with Crippen molar-refractivity contribution in [3.05, 3.63) is 26.8 Å². The number of aromatic nitrogens is 3. The number of nitrogens with zero attached hydrogens (tertiary/aromatic N) is 5. The third-order valence-corrected chi connectivity index (χ3v) is 6.48. The Morgan fingerprint density at radius 2 is 2.00 bits per heavy atom. The second kappa shape index (κ2) is 8.01. The van der Waals surface area contributed by atoms with Crippen LogP contribution in [-0.4, -0.2) is 52.1 Å². The Labute approximate surface area is 166 Å². The summed E-state index contributed by atoms with van der Waals surface area (Å²) in [4.78, 5) is 8.01. The number of hydrogen-bond acceptors (Lipinski definition) is 7. The fourth-order valence-corrected chi connectivity index (χ4v) is 4.59. The van der Waals surface area contributed by atoms with Crippen molar-refractivity contribution in [1.29, 1.82) is 0 Å². The Bertz CT molecular complexity index is 830. The molecule has 0 N–H and O–H groups in total. The van der Waals surface area contributed by atoms with Crippen molar-refractivity contribution >= 4 is 52.7 Å². The molecular formula is C14H15ClF3N5S3. The maximum absolute atomic E-state index is 12.7. The summed E-state index contributed by atoms with van der Waals surface area (Å²) < 4.78 is 41.6. The molecule has 3 heterocycles. The Hall–Kier alpha value is -0.880. The van der Waals surface area contributed by atoms with Crippen molar-refractivity contribution in [3.8, 4) is 0 Å². The standard InChI is InChI=1S/C14H15ClF3N5S3/c1-25-12-20-23(13(24)26-12)8-21-2-4-22(5-3-21)11-10(15)6-9(7-19-11)14(16,17)18/h6-7H,2-5,8H2,1H3. The predicted octanol–water partition coefficient (Wildman–Crippen LogP) is 4.24. The number of anilines is 1. The molecule has 0 saturated carbocycles. The van der Waals surface area contributed by atoms with Gasteiger partial charge in [0, 0.05) is 32.4 Å². The minimum Gasteiger partial charge on any atom is -0.353 e. The second-order valence-electron chi connectivity index (χ2n) is 5.61. The molecule has 0 bridgehead atoms. The predicted molar refractivity (Wildman–Crippen MR) is 101 cm³/mol. The summed E-state index contributed by atoms with van der Waals surface area (Å²) >= 11 is 14.4. The molecule has 12 heteroatoms. The Balaban J connectivity index is 1.63. The first-order chi connectivity index (χ1) is 12.3. The summed E-state index contributed by atoms with van der Waals surface area (Å²) in [7, 11) is 0. The highest BCUT2D eigenvalue weighted by Crippen LogP contribution is 2.33. The molecule has 1 saturated heterocycles. The van der Waals surface area contributed by atoms with Gasteiger partial charge in [0.15, 0.2) is 8.29 Å². The molecule has 1 fully saturated rings. The molecule has 2 aromatic rings. The van der Waals surface area contributed by atoms with Gasteiger partial charge in [-0.3, -0.25) is 4.90 Å². The molecule has 0 aliphatic carbocycles. The van der Waals surface area contributed by atoms with Crippen LogP contribution in [0, 0.1) is 3.95 Å². The molecule has 3 rings (SSSR count). The molecule has 2 aromatic heterocycles. The van der Waals surface area contributed by atoms with Crippen molar-refractivity contribution in [2.24, 2.45) is 0 Å². The van der Waals surface area contributed by atoms with E-state index in [0.29, 0.717) is 38.7 Å². The molecule has 0 spiro atoms. The van der Waals surface area contributed by atoms with Crippen LogP contribution < -0.4 is 4.90 Å². The fourth-order valence-electron chi connectivity index (χ4n) is 2.57. The first-order valence-electron chi connectivity index (χ1n) is 7.60. The van der Waals surface area contributed by atoms with Crippen LogP contribution in [0.25, 0.3) is 0 Å². The Kier molecular flexibility index (Phi) is 6.12. The lowest BCUT2D eigenvalue weighted by molar-refractivity contribution is -0.137. The van der Waals surface area contributed by atoms with E-state index < -0.39 is 11.7 Å². The first-order valence-corrected chi connectivity index (χ1v) is 10.4. The summed E-state index contributed by atoms with van der Waals surface area (Å²) in [6, 6.07) is 0.925. The second-order valence-corrected chi connectivity index (χ2v) is 8.69. The number of rotatable bonds is 4. The van der Waals surface area contributed by atoms with E-state index in [1.54, 1.807) is 16.4 Å². The van der Waals surface area contributed by atoms with Crippen LogP contribution in [0.1, 0.15) is 5.56 Å². The van der Waals surface area contributed by atoms with E-state index in [4.69, 9.17) is 23.8 Å². The monoisotopic (exact) mass is 441 g/mol. The molecule has 142 valence electrons. The van der Waals surface area contributed by atoms with E-state index in [-0.39, 0.29) is 5.02 Å². The number of thioether (sulfide) groups is 1. The highest BCUT2D eigenvalue weighted by Gasteiger charge is 2.32. The van der Waals surface area contributed by atoms with Crippen molar-refractivity contribution in [2.75, 3.05) is 37.3 Å². The van der Waals surface area contributed by atoms with E-state index in [9.17, 15) is 13.2 Å². The lowest BCUT2D eigenvalue weighted by Gasteiger charge is -2.35. The van der Waals surface area contributed by atoms with Crippen LogP contribution in [0.3, 0.4) is 0 Å². The van der Waals surface area contributed by atoms with E-state index in [1.165, 1.54) is 11.3 Å². The van der Waals surface area contributed by atoms with E-state index in [1.807, 2.05) is 11.2 Å². The number of piperazine rings is 1. The average molecular weight is 442 g/mol. The number of alkyl halides is 3. The molecule has 0 radical (unpaired) electrons. The van der Waals surface area contributed by atoms with Crippen LogP contribution in [0.5, 0.6) is 0 Å². The van der Waals surface area contributed by atoms with Crippen LogP contribution in [0.15, 0.2) is 16.6 Å². The van der Waals surface area contributed by atoms with Crippen LogP contribution in [0.4, 0.5) is 19.0 Å².